The van der Waals surface area contributed by atoms with E-state index in [2.05, 4.69) is 6.92 Å². The van der Waals surface area contributed by atoms with Crippen LogP contribution >= 0.6 is 0 Å². The number of carbonyl (C=O) groups excluding carboxylic acids is 6. The molecule has 0 aromatic carbocycles. The number of ether oxygens (including phenoxy) is 7. The number of fused-ring (bicyclic) bond motifs is 3. The lowest BCUT2D eigenvalue weighted by Crippen LogP contribution is -2.61. The molecular weight excluding hydrogens is 913 g/mol. The number of hydrogen-bond donors (Lipinski definition) is 2. The van der Waals surface area contributed by atoms with E-state index >= 15 is 0 Å². The third-order valence-electron chi connectivity index (χ3n) is 15.1. The van der Waals surface area contributed by atoms with E-state index in [4.69, 9.17) is 33.2 Å². The van der Waals surface area contributed by atoms with Gasteiger partial charge in [-0.2, -0.15) is 0 Å². The summed E-state index contributed by atoms with van der Waals surface area (Å²) in [5, 5.41) is 21.3. The van der Waals surface area contributed by atoms with Gasteiger partial charge in [0.15, 0.2) is 6.10 Å². The van der Waals surface area contributed by atoms with Gasteiger partial charge in [-0.1, -0.05) is 71.1 Å². The van der Waals surface area contributed by atoms with Crippen LogP contribution in [0, 0.1) is 40.9 Å². The van der Waals surface area contributed by atoms with Crippen LogP contribution in [0.5, 0.6) is 0 Å². The van der Waals surface area contributed by atoms with Gasteiger partial charge in [0.05, 0.1) is 18.3 Å². The SMILES string of the molecule is CO[C@H]1C[C@@H]2CC[C@@H](C)[C@@](O)(O2)C(=O)C(=O)N2CCCC[C@H]2C(=O)O[C@H]([C@H](C)C[C@@H]2CC[C@@H](OC(C)=O)[C@H](OC)C2)CC(=O)[C@H](C)/C=C(\C)[C@@H](OC(C)=O)[C@H](OC)C(=N)[C@@H](C)C[C@H](C)/C=C/C=C/C=C/1C. The Morgan fingerprint density at radius 1 is 0.831 bits per heavy atom. The Morgan fingerprint density at radius 3 is 2.18 bits per heavy atom. The van der Waals surface area contributed by atoms with Gasteiger partial charge in [0.25, 0.3) is 11.7 Å². The standard InChI is InChI=1S/C55H84N2O14/c1-32-18-14-13-15-19-33(2)46(65-10)30-42-23-21-38(7)55(64,71-42)52(61)53(62)57-25-17-16-20-43(57)54(63)70-47(35(4)28-41-22-24-45(68-39(8)58)48(29-41)66-11)31-44(60)34(3)27-37(6)50(69-40(9)59)51(67-12)49(56)36(5)26-32/h13-15,18-19,27,32,34-36,38,41-43,45-48,50-51,56,64H,16-17,20-26,28-31H2,1-12H3/b15-13+,18-14+,33-19+,37-27+,56-49?/t32-,34-,35-,36+,38-,41+,42+,43+,45-,46+,47+,48-,50-,51-,55-/m1/s1. The predicted molar refractivity (Wildman–Crippen MR) is 267 cm³/mol. The molecule has 4 aliphatic rings. The Balaban J connectivity index is 1.75. The van der Waals surface area contributed by atoms with E-state index in [-0.39, 0.29) is 60.7 Å². The molecule has 16 nitrogen and oxygen atoms in total. The maximum Gasteiger partial charge on any atom is 0.329 e. The minimum Gasteiger partial charge on any atom is -0.460 e. The number of carbonyl (C=O) groups is 6. The highest BCUT2D eigenvalue weighted by molar-refractivity contribution is 6.39. The number of amides is 1. The Kier molecular flexibility index (Phi) is 23.0. The Bertz CT molecular complexity index is 1990. The lowest BCUT2D eigenvalue weighted by molar-refractivity contribution is -0.265. The van der Waals surface area contributed by atoms with E-state index in [1.165, 1.54) is 25.9 Å². The van der Waals surface area contributed by atoms with Crippen molar-refractivity contribution in [2.45, 2.75) is 194 Å². The molecule has 0 aromatic rings. The molecule has 398 valence electrons. The summed E-state index contributed by atoms with van der Waals surface area (Å²) in [5.74, 6) is -8.64. The zero-order chi connectivity index (χ0) is 52.7. The number of nitrogens with one attached hydrogen (secondary N) is 1. The number of hydrogen-bond acceptors (Lipinski definition) is 15. The molecule has 16 heteroatoms. The van der Waals surface area contributed by atoms with Gasteiger partial charge in [-0.3, -0.25) is 24.0 Å². The first kappa shape index (κ1) is 59.2. The third kappa shape index (κ3) is 16.3. The van der Waals surface area contributed by atoms with Gasteiger partial charge in [0, 0.05) is 72.1 Å². The number of allylic oxidation sites excluding steroid dienone is 6. The van der Waals surface area contributed by atoms with Crippen LogP contribution < -0.4 is 0 Å². The molecule has 71 heavy (non-hydrogen) atoms. The highest BCUT2D eigenvalue weighted by atomic mass is 16.6. The molecule has 0 unspecified atom stereocenters. The number of nitrogens with zero attached hydrogens (tertiary/aromatic N) is 1. The summed E-state index contributed by atoms with van der Waals surface area (Å²) in [6.45, 7) is 15.6. The molecule has 0 aromatic heterocycles. The summed E-state index contributed by atoms with van der Waals surface area (Å²) in [6, 6.07) is -1.17. The molecule has 2 saturated heterocycles. The largest absolute Gasteiger partial charge is 0.460 e. The molecule has 4 rings (SSSR count). The molecule has 0 radical (unpaired) electrons. The van der Waals surface area contributed by atoms with Gasteiger partial charge in [-0.05, 0) is 113 Å². The van der Waals surface area contributed by atoms with Crippen LogP contribution in [0.4, 0.5) is 0 Å². The maximum atomic E-state index is 14.5. The molecule has 3 fully saturated rings. The summed E-state index contributed by atoms with van der Waals surface area (Å²) < 4.78 is 41.4. The van der Waals surface area contributed by atoms with Gasteiger partial charge in [0.2, 0.25) is 5.79 Å². The number of Topliss-reactive ketones (excluding diaryl/α,β-unsaturated/α-hetero) is 2. The third-order valence-corrected chi connectivity index (χ3v) is 15.1. The quantitative estimate of drug-likeness (QED) is 0.103. The summed E-state index contributed by atoms with van der Waals surface area (Å²) in [4.78, 5) is 83.2. The van der Waals surface area contributed by atoms with Crippen molar-refractivity contribution in [3.8, 4) is 0 Å². The monoisotopic (exact) mass is 997 g/mol. The average molecular weight is 997 g/mol. The van der Waals surface area contributed by atoms with Gasteiger partial charge in [-0.25, -0.2) is 4.79 Å². The highest BCUT2D eigenvalue weighted by Gasteiger charge is 2.53. The van der Waals surface area contributed by atoms with E-state index in [0.29, 0.717) is 69.8 Å². The molecule has 2 N–H and O–H groups in total. The van der Waals surface area contributed by atoms with Crippen molar-refractivity contribution in [3.05, 3.63) is 47.6 Å². The lowest BCUT2D eigenvalue weighted by Gasteiger charge is -2.42. The van der Waals surface area contributed by atoms with E-state index in [9.17, 15) is 39.3 Å². The van der Waals surface area contributed by atoms with E-state index in [1.807, 2.05) is 51.2 Å². The summed E-state index contributed by atoms with van der Waals surface area (Å²) >= 11 is 0. The second-order valence-corrected chi connectivity index (χ2v) is 20.8. The van der Waals surface area contributed by atoms with Crippen molar-refractivity contribution in [3.63, 3.8) is 0 Å². The normalized spacial score (nSPS) is 37.8. The molecule has 1 saturated carbocycles. The van der Waals surface area contributed by atoms with E-state index < -0.39 is 89.9 Å². The van der Waals surface area contributed by atoms with Crippen LogP contribution in [0.3, 0.4) is 0 Å². The zero-order valence-electron chi connectivity index (χ0n) is 44.4. The topological polar surface area (TPSA) is 214 Å². The maximum absolute atomic E-state index is 14.5. The summed E-state index contributed by atoms with van der Waals surface area (Å²) in [6.07, 6.45) is 12.0. The fourth-order valence-corrected chi connectivity index (χ4v) is 10.8. The van der Waals surface area contributed by atoms with Gasteiger partial charge < -0.3 is 48.6 Å². The van der Waals surface area contributed by atoms with Crippen molar-refractivity contribution in [2.75, 3.05) is 27.9 Å². The van der Waals surface area contributed by atoms with E-state index in [1.54, 1.807) is 41.1 Å². The highest BCUT2D eigenvalue weighted by Crippen LogP contribution is 2.38. The predicted octanol–water partition coefficient (Wildman–Crippen LogP) is 7.77. The van der Waals surface area contributed by atoms with Crippen molar-refractivity contribution in [1.29, 1.82) is 5.41 Å². The molecule has 3 heterocycles. The number of piperidine rings is 1. The molecule has 3 aliphatic heterocycles. The Morgan fingerprint density at radius 2 is 1.54 bits per heavy atom. The van der Waals surface area contributed by atoms with Crippen LogP contribution in [0.2, 0.25) is 0 Å². The van der Waals surface area contributed by atoms with Crippen LogP contribution in [-0.4, -0.2) is 134 Å². The van der Waals surface area contributed by atoms with Crippen molar-refractivity contribution >= 4 is 41.1 Å². The van der Waals surface area contributed by atoms with Crippen LogP contribution in [-0.2, 0) is 61.9 Å². The number of cyclic esters (lactones) is 1. The molecule has 2 bridgehead atoms. The second-order valence-electron chi connectivity index (χ2n) is 20.8. The number of esters is 3. The average Bonchev–Trinajstić information content (AvgIpc) is 3.32. The van der Waals surface area contributed by atoms with Gasteiger partial charge in [-0.15, -0.1) is 0 Å². The van der Waals surface area contributed by atoms with Crippen LogP contribution in [0.1, 0.15) is 139 Å². The minimum absolute atomic E-state index is 0.0587. The first-order valence-corrected chi connectivity index (χ1v) is 25.7. The number of ketones is 2. The van der Waals surface area contributed by atoms with Gasteiger partial charge >= 0.3 is 17.9 Å². The summed E-state index contributed by atoms with van der Waals surface area (Å²) in [7, 11) is 4.62. The fraction of sp³-hybridized carbons (Fsp3) is 0.727. The van der Waals surface area contributed by atoms with Crippen LogP contribution in [0.25, 0.3) is 0 Å². The fourth-order valence-electron chi connectivity index (χ4n) is 10.8. The van der Waals surface area contributed by atoms with Crippen molar-refractivity contribution in [2.24, 2.45) is 35.5 Å². The molecule has 1 amide bonds. The Hall–Kier alpha value is -4.35. The second kappa shape index (κ2) is 27.6. The summed E-state index contributed by atoms with van der Waals surface area (Å²) in [5.41, 5.74) is 1.62. The van der Waals surface area contributed by atoms with Crippen LogP contribution in [0.15, 0.2) is 47.6 Å². The smallest absolute Gasteiger partial charge is 0.329 e. The molecular formula is C55H84N2O14. The molecule has 1 aliphatic carbocycles. The lowest BCUT2D eigenvalue weighted by atomic mass is 9.78. The molecule has 0 spiro atoms. The van der Waals surface area contributed by atoms with E-state index in [0.717, 1.165) is 5.57 Å². The first-order chi connectivity index (χ1) is 33.5. The van der Waals surface area contributed by atoms with Crippen molar-refractivity contribution < 1.29 is 67.0 Å². The van der Waals surface area contributed by atoms with Crippen molar-refractivity contribution in [1.82, 2.24) is 4.90 Å². The zero-order valence-corrected chi connectivity index (χ0v) is 44.4. The number of methoxy groups -OCH3 is 3. The van der Waals surface area contributed by atoms with Gasteiger partial charge in [0.1, 0.15) is 30.1 Å². The number of rotatable bonds is 8. The Labute approximate surface area is 422 Å². The first-order valence-electron chi connectivity index (χ1n) is 25.7. The number of aliphatic hydroxyl groups is 1. The minimum atomic E-state index is -2.45. The molecule has 15 atom stereocenters.